The first kappa shape index (κ1) is 15.9. The number of aromatic amines is 2. The first-order valence-electron chi connectivity index (χ1n) is 8.41. The molecule has 0 atom stereocenters. The Morgan fingerprint density at radius 3 is 2.46 bits per heavy atom. The normalized spacial score (nSPS) is 10.6. The van der Waals surface area contributed by atoms with E-state index in [9.17, 15) is 4.79 Å². The van der Waals surface area contributed by atoms with Gasteiger partial charge >= 0.3 is 0 Å². The van der Waals surface area contributed by atoms with Crippen LogP contribution in [0.3, 0.4) is 0 Å². The van der Waals surface area contributed by atoms with Gasteiger partial charge < -0.3 is 10.3 Å². The number of nitrogens with zero attached hydrogens (tertiary/aromatic N) is 1. The summed E-state index contributed by atoms with van der Waals surface area (Å²) in [4.78, 5) is 15.4. The fourth-order valence-corrected chi connectivity index (χ4v) is 2.89. The Kier molecular flexibility index (Phi) is 4.35. The molecule has 2 aromatic carbocycles. The van der Waals surface area contributed by atoms with Crippen molar-refractivity contribution in [1.82, 2.24) is 20.5 Å². The number of rotatable bonds is 5. The van der Waals surface area contributed by atoms with E-state index in [0.29, 0.717) is 12.2 Å². The lowest BCUT2D eigenvalue weighted by molar-refractivity contribution is 0.0946. The number of carbonyl (C=O) groups excluding carboxylic acids is 1. The van der Waals surface area contributed by atoms with Gasteiger partial charge in [-0.3, -0.25) is 9.89 Å². The smallest absolute Gasteiger partial charge is 0.267 e. The molecular weight excluding hydrogens is 324 g/mol. The van der Waals surface area contributed by atoms with E-state index in [2.05, 4.69) is 20.5 Å². The molecule has 0 aliphatic heterocycles. The maximum atomic E-state index is 12.4. The second-order valence-corrected chi connectivity index (χ2v) is 6.00. The van der Waals surface area contributed by atoms with Crippen molar-refractivity contribution in [2.45, 2.75) is 6.54 Å². The first-order valence-corrected chi connectivity index (χ1v) is 8.41. The van der Waals surface area contributed by atoms with Crippen LogP contribution in [0.2, 0.25) is 0 Å². The second-order valence-electron chi connectivity index (χ2n) is 6.00. The summed E-state index contributed by atoms with van der Waals surface area (Å²) in [5.74, 6) is -0.138. The standard InChI is InChI=1S/C21H18N4O/c26-21(23-12-15-7-3-1-4-8-15)19-11-17(13-22-19)20-18(14-24-25-20)16-9-5-2-6-10-16/h1-11,13-14,22H,12H2,(H,23,26)(H,24,25). The maximum Gasteiger partial charge on any atom is 0.267 e. The third kappa shape index (κ3) is 3.28. The van der Waals surface area contributed by atoms with Crippen LogP contribution in [0.25, 0.3) is 22.4 Å². The van der Waals surface area contributed by atoms with Gasteiger partial charge in [0.05, 0.1) is 11.9 Å². The largest absolute Gasteiger partial charge is 0.357 e. The van der Waals surface area contributed by atoms with Crippen LogP contribution in [0.5, 0.6) is 0 Å². The van der Waals surface area contributed by atoms with E-state index in [1.807, 2.05) is 72.9 Å². The number of benzene rings is 2. The molecule has 3 N–H and O–H groups in total. The van der Waals surface area contributed by atoms with Crippen LogP contribution in [-0.2, 0) is 6.54 Å². The van der Waals surface area contributed by atoms with Gasteiger partial charge in [-0.2, -0.15) is 5.10 Å². The molecule has 0 saturated heterocycles. The Morgan fingerprint density at radius 1 is 0.962 bits per heavy atom. The number of aromatic nitrogens is 3. The quantitative estimate of drug-likeness (QED) is 0.513. The molecule has 5 heteroatoms. The molecular formula is C21H18N4O. The van der Waals surface area contributed by atoms with E-state index in [1.165, 1.54) is 0 Å². The average molecular weight is 342 g/mol. The summed E-state index contributed by atoms with van der Waals surface area (Å²) < 4.78 is 0. The van der Waals surface area contributed by atoms with E-state index >= 15 is 0 Å². The van der Waals surface area contributed by atoms with Gasteiger partial charge in [0.25, 0.3) is 5.91 Å². The summed E-state index contributed by atoms with van der Waals surface area (Å²) in [6, 6.07) is 21.7. The highest BCUT2D eigenvalue weighted by molar-refractivity contribution is 5.94. The number of amides is 1. The molecule has 5 nitrogen and oxygen atoms in total. The highest BCUT2D eigenvalue weighted by Crippen LogP contribution is 2.30. The number of nitrogens with one attached hydrogen (secondary N) is 3. The minimum Gasteiger partial charge on any atom is -0.357 e. The van der Waals surface area contributed by atoms with Gasteiger partial charge in [-0.05, 0) is 17.2 Å². The summed E-state index contributed by atoms with van der Waals surface area (Å²) in [6.07, 6.45) is 3.62. The summed E-state index contributed by atoms with van der Waals surface area (Å²) in [5, 5.41) is 10.1. The fourth-order valence-electron chi connectivity index (χ4n) is 2.89. The Morgan fingerprint density at radius 2 is 1.69 bits per heavy atom. The minimum absolute atomic E-state index is 0.138. The zero-order valence-corrected chi connectivity index (χ0v) is 14.1. The highest BCUT2D eigenvalue weighted by Gasteiger charge is 2.14. The lowest BCUT2D eigenvalue weighted by Gasteiger charge is -2.03. The Bertz CT molecular complexity index is 1000. The zero-order chi connectivity index (χ0) is 17.8. The Hall–Kier alpha value is -3.60. The molecule has 0 spiro atoms. The summed E-state index contributed by atoms with van der Waals surface area (Å²) in [6.45, 7) is 0.493. The molecule has 0 radical (unpaired) electrons. The van der Waals surface area contributed by atoms with Crippen LogP contribution in [0.15, 0.2) is 79.1 Å². The molecule has 128 valence electrons. The molecule has 0 unspecified atom stereocenters. The lowest BCUT2D eigenvalue weighted by Crippen LogP contribution is -2.22. The minimum atomic E-state index is -0.138. The fraction of sp³-hybridized carbons (Fsp3) is 0.0476. The molecule has 2 heterocycles. The van der Waals surface area contributed by atoms with E-state index in [-0.39, 0.29) is 5.91 Å². The van der Waals surface area contributed by atoms with Gasteiger partial charge in [0, 0.05) is 23.9 Å². The van der Waals surface area contributed by atoms with Crippen molar-refractivity contribution in [3.8, 4) is 22.4 Å². The molecule has 26 heavy (non-hydrogen) atoms. The second kappa shape index (κ2) is 7.11. The summed E-state index contributed by atoms with van der Waals surface area (Å²) >= 11 is 0. The third-order valence-electron chi connectivity index (χ3n) is 4.24. The van der Waals surface area contributed by atoms with Gasteiger partial charge in [-0.1, -0.05) is 60.7 Å². The Labute approximate surface area is 151 Å². The molecule has 0 saturated carbocycles. The topological polar surface area (TPSA) is 73.6 Å². The van der Waals surface area contributed by atoms with Crippen molar-refractivity contribution < 1.29 is 4.79 Å². The van der Waals surface area contributed by atoms with E-state index in [4.69, 9.17) is 0 Å². The Balaban J connectivity index is 1.52. The first-order chi connectivity index (χ1) is 12.8. The number of hydrogen-bond donors (Lipinski definition) is 3. The molecule has 4 rings (SSSR count). The summed E-state index contributed by atoms with van der Waals surface area (Å²) in [7, 11) is 0. The van der Waals surface area contributed by atoms with Crippen LogP contribution in [-0.4, -0.2) is 21.1 Å². The maximum absolute atomic E-state index is 12.4. The van der Waals surface area contributed by atoms with Gasteiger partial charge in [-0.15, -0.1) is 0 Å². The predicted molar refractivity (Wildman–Crippen MR) is 101 cm³/mol. The van der Waals surface area contributed by atoms with Crippen molar-refractivity contribution in [3.63, 3.8) is 0 Å². The molecule has 0 aliphatic carbocycles. The van der Waals surface area contributed by atoms with Crippen molar-refractivity contribution >= 4 is 5.91 Å². The molecule has 0 bridgehead atoms. The van der Waals surface area contributed by atoms with Crippen molar-refractivity contribution in [2.75, 3.05) is 0 Å². The lowest BCUT2D eigenvalue weighted by atomic mass is 10.0. The molecule has 1 amide bonds. The van der Waals surface area contributed by atoms with Crippen molar-refractivity contribution in [1.29, 1.82) is 0 Å². The van der Waals surface area contributed by atoms with Crippen LogP contribution in [0.1, 0.15) is 16.1 Å². The van der Waals surface area contributed by atoms with E-state index in [1.54, 1.807) is 6.20 Å². The molecule has 0 aliphatic rings. The van der Waals surface area contributed by atoms with Crippen LogP contribution in [0, 0.1) is 0 Å². The van der Waals surface area contributed by atoms with Gasteiger partial charge in [0.15, 0.2) is 0 Å². The molecule has 2 aromatic heterocycles. The molecule has 4 aromatic rings. The summed E-state index contributed by atoms with van der Waals surface area (Å²) in [5.41, 5.74) is 5.44. The average Bonchev–Trinajstić information content (AvgIpc) is 3.37. The van der Waals surface area contributed by atoms with Crippen LogP contribution >= 0.6 is 0 Å². The van der Waals surface area contributed by atoms with E-state index < -0.39 is 0 Å². The monoisotopic (exact) mass is 342 g/mol. The number of hydrogen-bond acceptors (Lipinski definition) is 2. The van der Waals surface area contributed by atoms with Crippen LogP contribution < -0.4 is 5.32 Å². The SMILES string of the molecule is O=C(NCc1ccccc1)c1cc(-c2[nH]ncc2-c2ccccc2)c[nH]1. The van der Waals surface area contributed by atoms with E-state index in [0.717, 1.165) is 27.9 Å². The van der Waals surface area contributed by atoms with Gasteiger partial charge in [-0.25, -0.2) is 0 Å². The van der Waals surface area contributed by atoms with Crippen molar-refractivity contribution in [3.05, 3.63) is 90.4 Å². The highest BCUT2D eigenvalue weighted by atomic mass is 16.1. The number of carbonyl (C=O) groups is 1. The predicted octanol–water partition coefficient (Wildman–Crippen LogP) is 4.00. The van der Waals surface area contributed by atoms with Crippen molar-refractivity contribution in [2.24, 2.45) is 0 Å². The van der Waals surface area contributed by atoms with Gasteiger partial charge in [0.1, 0.15) is 5.69 Å². The van der Waals surface area contributed by atoms with Gasteiger partial charge in [0.2, 0.25) is 0 Å². The third-order valence-corrected chi connectivity index (χ3v) is 4.24. The number of H-pyrrole nitrogens is 2. The zero-order valence-electron chi connectivity index (χ0n) is 14.1. The molecule has 0 fully saturated rings. The van der Waals surface area contributed by atoms with Crippen LogP contribution in [0.4, 0.5) is 0 Å².